The average molecular weight is 243 g/mol. The van der Waals surface area contributed by atoms with E-state index in [9.17, 15) is 13.6 Å². The minimum Gasteiger partial charge on any atom is -0.396 e. The maximum Gasteiger partial charge on any atom is 0.186 e. The van der Waals surface area contributed by atoms with E-state index in [-0.39, 0.29) is 16.4 Å². The molecule has 0 heterocycles. The predicted molar refractivity (Wildman–Crippen MR) is 62.9 cm³/mol. The van der Waals surface area contributed by atoms with Crippen molar-refractivity contribution in [1.82, 2.24) is 0 Å². The van der Waals surface area contributed by atoms with Crippen molar-refractivity contribution in [3.63, 3.8) is 0 Å². The molecule has 2 nitrogen and oxygen atoms in total. The molecule has 1 aromatic rings. The lowest BCUT2D eigenvalue weighted by molar-refractivity contribution is -0.109. The molecule has 0 fully saturated rings. The summed E-state index contributed by atoms with van der Waals surface area (Å²) in [5, 5.41) is -0.0111. The fraction of sp³-hybridized carbons (Fsp3) is 0.182. The van der Waals surface area contributed by atoms with Gasteiger partial charge >= 0.3 is 0 Å². The van der Waals surface area contributed by atoms with Crippen molar-refractivity contribution >= 4 is 28.6 Å². The third kappa shape index (κ3) is 3.66. The lowest BCUT2D eigenvalue weighted by atomic mass is 10.1. The van der Waals surface area contributed by atoms with Crippen LogP contribution in [0.1, 0.15) is 12.5 Å². The fourth-order valence-corrected chi connectivity index (χ4v) is 1.51. The highest BCUT2D eigenvalue weighted by Gasteiger charge is 2.05. The van der Waals surface area contributed by atoms with Gasteiger partial charge in [0, 0.05) is 24.3 Å². The predicted octanol–water partition coefficient (Wildman–Crippen LogP) is 2.84. The van der Waals surface area contributed by atoms with Crippen molar-refractivity contribution < 1.29 is 13.6 Å². The van der Waals surface area contributed by atoms with Crippen LogP contribution in [0.2, 0.25) is 0 Å². The molecule has 0 unspecified atom stereocenters. The molecule has 0 spiro atoms. The van der Waals surface area contributed by atoms with Crippen molar-refractivity contribution in [3.8, 4) is 0 Å². The molecule has 0 aliphatic rings. The molecule has 0 aliphatic heterocycles. The standard InChI is InChI=1S/C11H11F2NOS/c1-7(15)16-4-2-3-8-5-9(12)6-10(13)11(8)14/h2-3,5-6H,4,14H2,1H3. The molecule has 16 heavy (non-hydrogen) atoms. The van der Waals surface area contributed by atoms with Crippen LogP contribution in [-0.2, 0) is 4.79 Å². The summed E-state index contributed by atoms with van der Waals surface area (Å²) in [6, 6.07) is 1.88. The molecule has 0 saturated carbocycles. The van der Waals surface area contributed by atoms with Gasteiger partial charge in [0.2, 0.25) is 0 Å². The van der Waals surface area contributed by atoms with Crippen LogP contribution >= 0.6 is 11.8 Å². The molecular formula is C11H11F2NOS. The number of carbonyl (C=O) groups excluding carboxylic acids is 1. The van der Waals surface area contributed by atoms with E-state index in [1.807, 2.05) is 0 Å². The molecule has 0 bridgehead atoms. The molecule has 86 valence electrons. The molecular weight excluding hydrogens is 232 g/mol. The summed E-state index contributed by atoms with van der Waals surface area (Å²) in [6.45, 7) is 1.45. The number of hydrogen-bond acceptors (Lipinski definition) is 3. The highest BCUT2D eigenvalue weighted by molar-refractivity contribution is 8.13. The number of rotatable bonds is 3. The van der Waals surface area contributed by atoms with E-state index < -0.39 is 11.6 Å². The van der Waals surface area contributed by atoms with Crippen LogP contribution in [0.4, 0.5) is 14.5 Å². The molecule has 0 aliphatic carbocycles. The van der Waals surface area contributed by atoms with Gasteiger partial charge in [-0.3, -0.25) is 4.79 Å². The second kappa shape index (κ2) is 5.65. The molecule has 2 N–H and O–H groups in total. The lowest BCUT2D eigenvalue weighted by Gasteiger charge is -2.02. The SMILES string of the molecule is CC(=O)SCC=Cc1cc(F)cc(F)c1N. The molecule has 0 radical (unpaired) electrons. The summed E-state index contributed by atoms with van der Waals surface area (Å²) in [5.74, 6) is -1.00. The Bertz CT molecular complexity index is 432. The van der Waals surface area contributed by atoms with Crippen LogP contribution in [0.3, 0.4) is 0 Å². The summed E-state index contributed by atoms with van der Waals surface area (Å²) in [5.41, 5.74) is 5.61. The van der Waals surface area contributed by atoms with Crippen LogP contribution in [0.5, 0.6) is 0 Å². The number of halogens is 2. The van der Waals surface area contributed by atoms with E-state index in [1.54, 1.807) is 6.08 Å². The van der Waals surface area contributed by atoms with E-state index in [0.29, 0.717) is 5.75 Å². The monoisotopic (exact) mass is 243 g/mol. The smallest absolute Gasteiger partial charge is 0.186 e. The summed E-state index contributed by atoms with van der Waals surface area (Å²) in [7, 11) is 0. The second-order valence-electron chi connectivity index (χ2n) is 3.10. The van der Waals surface area contributed by atoms with Crippen molar-refractivity contribution in [1.29, 1.82) is 0 Å². The molecule has 0 saturated heterocycles. The number of nitrogen functional groups attached to an aromatic ring is 1. The maximum atomic E-state index is 13.0. The number of thioether (sulfide) groups is 1. The summed E-state index contributed by atoms with van der Waals surface area (Å²) < 4.78 is 25.9. The molecule has 0 amide bonds. The van der Waals surface area contributed by atoms with Gasteiger partial charge in [-0.15, -0.1) is 0 Å². The first-order valence-corrected chi connectivity index (χ1v) is 5.53. The Morgan fingerprint density at radius 3 is 2.81 bits per heavy atom. The third-order valence-corrected chi connectivity index (χ3v) is 2.57. The average Bonchev–Trinajstić information content (AvgIpc) is 2.19. The van der Waals surface area contributed by atoms with Crippen LogP contribution in [-0.4, -0.2) is 10.9 Å². The summed E-state index contributed by atoms with van der Waals surface area (Å²) in [6.07, 6.45) is 3.13. The van der Waals surface area contributed by atoms with Gasteiger partial charge in [0.15, 0.2) is 5.12 Å². The molecule has 1 rings (SSSR count). The van der Waals surface area contributed by atoms with Crippen LogP contribution in [0, 0.1) is 11.6 Å². The van der Waals surface area contributed by atoms with Crippen molar-refractivity contribution in [2.24, 2.45) is 0 Å². The maximum absolute atomic E-state index is 13.0. The third-order valence-electron chi connectivity index (χ3n) is 1.81. The van der Waals surface area contributed by atoms with Crippen molar-refractivity contribution in [3.05, 3.63) is 35.4 Å². The quantitative estimate of drug-likeness (QED) is 0.830. The Morgan fingerprint density at radius 2 is 2.19 bits per heavy atom. The molecule has 0 atom stereocenters. The number of benzene rings is 1. The Balaban J connectivity index is 2.77. The zero-order valence-corrected chi connectivity index (χ0v) is 9.48. The van der Waals surface area contributed by atoms with Gasteiger partial charge in [0.25, 0.3) is 0 Å². The largest absolute Gasteiger partial charge is 0.396 e. The molecule has 5 heteroatoms. The fourth-order valence-electron chi connectivity index (χ4n) is 1.08. The van der Waals surface area contributed by atoms with Crippen molar-refractivity contribution in [2.45, 2.75) is 6.92 Å². The second-order valence-corrected chi connectivity index (χ2v) is 4.29. The van der Waals surface area contributed by atoms with Gasteiger partial charge < -0.3 is 5.73 Å². The lowest BCUT2D eigenvalue weighted by Crippen LogP contribution is -1.95. The highest BCUT2D eigenvalue weighted by Crippen LogP contribution is 2.19. The normalized spacial score (nSPS) is 10.9. The Labute approximate surface area is 96.5 Å². The first-order valence-electron chi connectivity index (χ1n) is 4.55. The van der Waals surface area contributed by atoms with Crippen molar-refractivity contribution in [2.75, 3.05) is 11.5 Å². The van der Waals surface area contributed by atoms with Gasteiger partial charge in [0.1, 0.15) is 11.6 Å². The van der Waals surface area contributed by atoms with Gasteiger partial charge in [-0.25, -0.2) is 8.78 Å². The Hall–Kier alpha value is -1.36. The van der Waals surface area contributed by atoms with Crippen LogP contribution < -0.4 is 5.73 Å². The number of nitrogens with two attached hydrogens (primary N) is 1. The minimum atomic E-state index is -0.779. The van der Waals surface area contributed by atoms with E-state index in [4.69, 9.17) is 5.73 Å². The first-order chi connectivity index (χ1) is 7.50. The topological polar surface area (TPSA) is 43.1 Å². The molecule has 0 aromatic heterocycles. The highest BCUT2D eigenvalue weighted by atomic mass is 32.2. The summed E-state index contributed by atoms with van der Waals surface area (Å²) in [4.78, 5) is 10.6. The van der Waals surface area contributed by atoms with E-state index in [2.05, 4.69) is 0 Å². The van der Waals surface area contributed by atoms with E-state index in [0.717, 1.165) is 23.9 Å². The zero-order chi connectivity index (χ0) is 12.1. The Kier molecular flexibility index (Phi) is 4.49. The minimum absolute atomic E-state index is 0.0111. The van der Waals surface area contributed by atoms with Gasteiger partial charge in [0.05, 0.1) is 5.69 Å². The van der Waals surface area contributed by atoms with Crippen LogP contribution in [0.25, 0.3) is 6.08 Å². The zero-order valence-electron chi connectivity index (χ0n) is 8.67. The summed E-state index contributed by atoms with van der Waals surface area (Å²) >= 11 is 1.11. The first kappa shape index (κ1) is 12.7. The number of carbonyl (C=O) groups is 1. The van der Waals surface area contributed by atoms with Gasteiger partial charge in [-0.1, -0.05) is 23.9 Å². The number of anilines is 1. The van der Waals surface area contributed by atoms with E-state index in [1.165, 1.54) is 13.0 Å². The van der Waals surface area contributed by atoms with Gasteiger partial charge in [-0.05, 0) is 6.07 Å². The Morgan fingerprint density at radius 1 is 1.50 bits per heavy atom. The van der Waals surface area contributed by atoms with E-state index >= 15 is 0 Å². The van der Waals surface area contributed by atoms with Crippen LogP contribution in [0.15, 0.2) is 18.2 Å². The molecule has 1 aromatic carbocycles. The number of hydrogen-bond donors (Lipinski definition) is 1. The van der Waals surface area contributed by atoms with Gasteiger partial charge in [-0.2, -0.15) is 0 Å².